The van der Waals surface area contributed by atoms with Gasteiger partial charge in [0.25, 0.3) is 0 Å². The lowest BCUT2D eigenvalue weighted by Crippen LogP contribution is -2.15. The molecular weight excluding hydrogens is 340 g/mol. The van der Waals surface area contributed by atoms with E-state index in [1.54, 1.807) is 6.33 Å². The lowest BCUT2D eigenvalue weighted by molar-refractivity contribution is 0.878. The van der Waals surface area contributed by atoms with Crippen LogP contribution < -0.4 is 5.32 Å². The normalized spacial score (nSPS) is 14.3. The van der Waals surface area contributed by atoms with Gasteiger partial charge in [0.05, 0.1) is 17.1 Å². The van der Waals surface area contributed by atoms with E-state index in [-0.39, 0.29) is 6.04 Å². The average Bonchev–Trinajstić information content (AvgIpc) is 3.29. The van der Waals surface area contributed by atoms with E-state index in [1.807, 2.05) is 35.7 Å². The van der Waals surface area contributed by atoms with Gasteiger partial charge in [-0.05, 0) is 42.5 Å². The molecule has 0 amide bonds. The van der Waals surface area contributed by atoms with Crippen molar-refractivity contribution in [3.63, 3.8) is 0 Å². The predicted molar refractivity (Wildman–Crippen MR) is 106 cm³/mol. The molecule has 1 aliphatic rings. The Morgan fingerprint density at radius 1 is 0.923 bits per heavy atom. The molecule has 0 radical (unpaired) electrons. The zero-order valence-electron chi connectivity index (χ0n) is 14.2. The fourth-order valence-corrected chi connectivity index (χ4v) is 4.92. The van der Waals surface area contributed by atoms with Crippen LogP contribution >= 0.6 is 11.3 Å². The predicted octanol–water partition coefficient (Wildman–Crippen LogP) is 4.78. The Bertz CT molecular complexity index is 1000. The highest BCUT2D eigenvalue weighted by Crippen LogP contribution is 2.40. The molecular formula is C21H18N4S. The van der Waals surface area contributed by atoms with E-state index in [0.717, 1.165) is 29.2 Å². The van der Waals surface area contributed by atoms with E-state index in [4.69, 9.17) is 0 Å². The van der Waals surface area contributed by atoms with Crippen molar-refractivity contribution in [1.82, 2.24) is 15.0 Å². The molecule has 4 nitrogen and oxygen atoms in total. The summed E-state index contributed by atoms with van der Waals surface area (Å²) in [5, 5.41) is 4.86. The second kappa shape index (κ2) is 6.50. The molecule has 0 spiro atoms. The van der Waals surface area contributed by atoms with E-state index in [1.165, 1.54) is 27.8 Å². The molecule has 0 fully saturated rings. The first-order valence-corrected chi connectivity index (χ1v) is 9.69. The van der Waals surface area contributed by atoms with Crippen LogP contribution in [-0.4, -0.2) is 15.0 Å². The van der Waals surface area contributed by atoms with Crippen LogP contribution in [0.5, 0.6) is 0 Å². The van der Waals surface area contributed by atoms with E-state index in [0.29, 0.717) is 0 Å². The minimum atomic E-state index is -0.0487. The molecule has 0 aliphatic heterocycles. The van der Waals surface area contributed by atoms with E-state index >= 15 is 0 Å². The monoisotopic (exact) mass is 358 g/mol. The first kappa shape index (κ1) is 15.5. The number of nitrogens with zero attached hydrogens (tertiary/aromatic N) is 3. The van der Waals surface area contributed by atoms with E-state index < -0.39 is 0 Å². The van der Waals surface area contributed by atoms with E-state index in [9.17, 15) is 0 Å². The van der Waals surface area contributed by atoms with Gasteiger partial charge in [0.1, 0.15) is 17.0 Å². The van der Waals surface area contributed by atoms with Crippen molar-refractivity contribution in [2.45, 2.75) is 25.3 Å². The number of nitrogens with one attached hydrogen (secondary N) is 1. The van der Waals surface area contributed by atoms with Gasteiger partial charge < -0.3 is 5.32 Å². The van der Waals surface area contributed by atoms with Crippen molar-refractivity contribution in [1.29, 1.82) is 0 Å². The summed E-state index contributed by atoms with van der Waals surface area (Å²) in [6.45, 7) is 0. The van der Waals surface area contributed by atoms with Crippen molar-refractivity contribution in [2.24, 2.45) is 0 Å². The third-order valence-electron chi connectivity index (χ3n) is 4.90. The van der Waals surface area contributed by atoms with Crippen LogP contribution in [0.1, 0.15) is 34.2 Å². The summed E-state index contributed by atoms with van der Waals surface area (Å²) in [5.74, 6) is 0.911. The number of anilines is 1. The van der Waals surface area contributed by atoms with Crippen molar-refractivity contribution in [2.75, 3.05) is 5.32 Å². The number of rotatable bonds is 4. The molecule has 4 aromatic rings. The molecule has 1 aliphatic carbocycles. The summed E-state index contributed by atoms with van der Waals surface area (Å²) in [6.07, 6.45) is 7.02. The molecule has 1 unspecified atom stereocenters. The first-order chi connectivity index (χ1) is 12.9. The standard InChI is InChI=1S/C21H18N4S/c1-2-7-14(8-3-1)19(16-10-4-5-12-22-16)25-20-18-15-9-6-11-17(15)26-21(18)24-13-23-20/h1-5,7-8,10,12-13,19H,6,9,11H2,(H,23,24,25). The molecule has 0 saturated carbocycles. The maximum atomic E-state index is 4.60. The Kier molecular flexibility index (Phi) is 3.87. The number of thiophene rings is 1. The molecule has 0 bridgehead atoms. The second-order valence-corrected chi connectivity index (χ2v) is 7.59. The zero-order chi connectivity index (χ0) is 17.3. The highest BCUT2D eigenvalue weighted by molar-refractivity contribution is 7.19. The molecule has 1 aromatic carbocycles. The number of aromatic nitrogens is 3. The van der Waals surface area contributed by atoms with Crippen LogP contribution in [0.3, 0.4) is 0 Å². The van der Waals surface area contributed by atoms with Crippen LogP contribution in [0, 0.1) is 0 Å². The van der Waals surface area contributed by atoms with Crippen LogP contribution in [0.15, 0.2) is 61.1 Å². The van der Waals surface area contributed by atoms with Gasteiger partial charge in [0.2, 0.25) is 0 Å². The lowest BCUT2D eigenvalue weighted by atomic mass is 10.0. The van der Waals surface area contributed by atoms with Gasteiger partial charge >= 0.3 is 0 Å². The molecule has 128 valence electrons. The van der Waals surface area contributed by atoms with E-state index in [2.05, 4.69) is 50.6 Å². The van der Waals surface area contributed by atoms with Gasteiger partial charge in [-0.3, -0.25) is 4.98 Å². The molecule has 3 aromatic heterocycles. The van der Waals surface area contributed by atoms with Crippen molar-refractivity contribution >= 4 is 27.4 Å². The quantitative estimate of drug-likeness (QED) is 0.570. The highest BCUT2D eigenvalue weighted by atomic mass is 32.1. The smallest absolute Gasteiger partial charge is 0.139 e. The molecule has 26 heavy (non-hydrogen) atoms. The van der Waals surface area contributed by atoms with Gasteiger partial charge in [-0.25, -0.2) is 9.97 Å². The maximum absolute atomic E-state index is 4.60. The lowest BCUT2D eigenvalue weighted by Gasteiger charge is -2.20. The number of pyridine rings is 1. The topological polar surface area (TPSA) is 50.7 Å². The largest absolute Gasteiger partial charge is 0.357 e. The Morgan fingerprint density at radius 3 is 2.65 bits per heavy atom. The summed E-state index contributed by atoms with van der Waals surface area (Å²) in [6, 6.07) is 16.4. The Morgan fingerprint density at radius 2 is 1.81 bits per heavy atom. The van der Waals surface area contributed by atoms with Gasteiger partial charge in [-0.1, -0.05) is 36.4 Å². The van der Waals surface area contributed by atoms with Gasteiger partial charge in [0, 0.05) is 11.1 Å². The second-order valence-electron chi connectivity index (χ2n) is 6.50. The molecule has 1 atom stereocenters. The van der Waals surface area contributed by atoms with Gasteiger partial charge in [-0.15, -0.1) is 11.3 Å². The van der Waals surface area contributed by atoms with Crippen LogP contribution in [-0.2, 0) is 12.8 Å². The molecule has 5 rings (SSSR count). The average molecular weight is 358 g/mol. The third-order valence-corrected chi connectivity index (χ3v) is 6.10. The summed E-state index contributed by atoms with van der Waals surface area (Å²) >= 11 is 1.81. The minimum Gasteiger partial charge on any atom is -0.357 e. The summed E-state index contributed by atoms with van der Waals surface area (Å²) in [7, 11) is 0. The number of hydrogen-bond donors (Lipinski definition) is 1. The molecule has 0 saturated heterocycles. The third kappa shape index (κ3) is 2.65. The van der Waals surface area contributed by atoms with Crippen LogP contribution in [0.25, 0.3) is 10.2 Å². The molecule has 1 N–H and O–H groups in total. The van der Waals surface area contributed by atoms with Gasteiger partial charge in [0.15, 0.2) is 0 Å². The summed E-state index contributed by atoms with van der Waals surface area (Å²) in [5.41, 5.74) is 3.59. The van der Waals surface area contributed by atoms with Gasteiger partial charge in [-0.2, -0.15) is 0 Å². The number of fused-ring (bicyclic) bond motifs is 3. The van der Waals surface area contributed by atoms with Crippen LogP contribution in [0.2, 0.25) is 0 Å². The van der Waals surface area contributed by atoms with Crippen molar-refractivity contribution in [3.8, 4) is 0 Å². The maximum Gasteiger partial charge on any atom is 0.139 e. The van der Waals surface area contributed by atoms with Crippen molar-refractivity contribution < 1.29 is 0 Å². The zero-order valence-corrected chi connectivity index (χ0v) is 15.0. The number of benzene rings is 1. The fourth-order valence-electron chi connectivity index (χ4n) is 3.69. The number of aryl methyl sites for hydroxylation is 2. The van der Waals surface area contributed by atoms with Crippen molar-refractivity contribution in [3.05, 3.63) is 82.8 Å². The first-order valence-electron chi connectivity index (χ1n) is 8.88. The molecule has 3 heterocycles. The fraction of sp³-hybridized carbons (Fsp3) is 0.190. The Hall–Kier alpha value is -2.79. The summed E-state index contributed by atoms with van der Waals surface area (Å²) < 4.78 is 0. The highest BCUT2D eigenvalue weighted by Gasteiger charge is 2.23. The molecule has 5 heteroatoms. The minimum absolute atomic E-state index is 0.0487. The van der Waals surface area contributed by atoms with Crippen LogP contribution in [0.4, 0.5) is 5.82 Å². The Labute approximate surface area is 156 Å². The SMILES string of the molecule is c1ccc(C(Nc2ncnc3sc4c(c23)CCC4)c2ccccn2)cc1. The summed E-state index contributed by atoms with van der Waals surface area (Å²) in [4.78, 5) is 16.3. The number of hydrogen-bond acceptors (Lipinski definition) is 5. The Balaban J connectivity index is 1.62.